The van der Waals surface area contributed by atoms with Crippen molar-refractivity contribution >= 4 is 23.6 Å². The van der Waals surface area contributed by atoms with Crippen LogP contribution < -0.4 is 5.11 Å². The van der Waals surface area contributed by atoms with Crippen LogP contribution in [0.15, 0.2) is 35.4 Å². The van der Waals surface area contributed by atoms with Gasteiger partial charge in [-0.05, 0) is 11.6 Å². The minimum Gasteiger partial charge on any atom is -0.544 e. The molecule has 0 bridgehead atoms. The van der Waals surface area contributed by atoms with Gasteiger partial charge in [-0.1, -0.05) is 41.9 Å². The molecule has 0 N–H and O–H groups in total. The van der Waals surface area contributed by atoms with Gasteiger partial charge in [0.05, 0.1) is 11.0 Å². The van der Waals surface area contributed by atoms with Crippen LogP contribution in [0.25, 0.3) is 6.08 Å². The second kappa shape index (κ2) is 6.00. The standard InChI is InChI=1S/C9H7ClO2.Ag/c10-8(9(11)12)6-7-4-2-1-3-5-7;/h1-6H,(H,11,12);/q;+1/p-1/b8-6+;. The number of rotatable bonds is 2. The Morgan fingerprint density at radius 3 is 2.31 bits per heavy atom. The summed E-state index contributed by atoms with van der Waals surface area (Å²) in [5, 5.41) is 9.90. The van der Waals surface area contributed by atoms with Gasteiger partial charge in [-0.15, -0.1) is 0 Å². The molecule has 0 aromatic heterocycles. The zero-order valence-electron chi connectivity index (χ0n) is 6.46. The second-order valence-corrected chi connectivity index (χ2v) is 2.60. The maximum atomic E-state index is 10.2. The Balaban J connectivity index is 0.00000144. The summed E-state index contributed by atoms with van der Waals surface area (Å²) in [6, 6.07) is 8.94. The van der Waals surface area contributed by atoms with E-state index in [9.17, 15) is 9.90 Å². The monoisotopic (exact) mass is 288 g/mol. The van der Waals surface area contributed by atoms with Gasteiger partial charge < -0.3 is 9.90 Å². The molecule has 0 aliphatic carbocycles. The molecule has 0 amide bonds. The maximum Gasteiger partial charge on any atom is 1.00 e. The summed E-state index contributed by atoms with van der Waals surface area (Å²) in [6.07, 6.45) is 1.34. The number of benzene rings is 1. The number of hydrogen-bond acceptors (Lipinski definition) is 2. The Morgan fingerprint density at radius 2 is 1.85 bits per heavy atom. The SMILES string of the molecule is O=C([O-])/C(Cl)=C\c1ccccc1.[Ag+]. The Labute approximate surface area is 96.7 Å². The van der Waals surface area contributed by atoms with Gasteiger partial charge in [0.1, 0.15) is 0 Å². The molecule has 0 fully saturated rings. The van der Waals surface area contributed by atoms with Crippen molar-refractivity contribution in [3.63, 3.8) is 0 Å². The van der Waals surface area contributed by atoms with Crippen LogP contribution in [0.1, 0.15) is 5.56 Å². The molecule has 0 saturated carbocycles. The van der Waals surface area contributed by atoms with E-state index in [1.807, 2.05) is 6.07 Å². The number of halogens is 1. The van der Waals surface area contributed by atoms with Gasteiger partial charge in [-0.25, -0.2) is 0 Å². The van der Waals surface area contributed by atoms with Crippen molar-refractivity contribution in [2.24, 2.45) is 0 Å². The summed E-state index contributed by atoms with van der Waals surface area (Å²) in [4.78, 5) is 10.2. The molecule has 0 unspecified atom stereocenters. The average molecular weight is 289 g/mol. The van der Waals surface area contributed by atoms with Crippen molar-refractivity contribution in [1.82, 2.24) is 0 Å². The third-order valence-corrected chi connectivity index (χ3v) is 1.55. The maximum absolute atomic E-state index is 10.2. The number of hydrogen-bond donors (Lipinski definition) is 0. The van der Waals surface area contributed by atoms with E-state index in [1.165, 1.54) is 6.08 Å². The predicted molar refractivity (Wildman–Crippen MR) is 45.3 cm³/mol. The molecular formula is C9H6AgClO2. The van der Waals surface area contributed by atoms with E-state index in [2.05, 4.69) is 0 Å². The molecule has 0 spiro atoms. The summed E-state index contributed by atoms with van der Waals surface area (Å²) in [5.41, 5.74) is 0.742. The van der Waals surface area contributed by atoms with Crippen LogP contribution in [0, 0.1) is 0 Å². The third kappa shape index (κ3) is 4.29. The Bertz CT molecular complexity index is 309. The molecule has 4 heteroatoms. The minimum atomic E-state index is -1.36. The summed E-state index contributed by atoms with van der Waals surface area (Å²) < 4.78 is 0. The number of aliphatic carboxylic acids is 1. The Hall–Kier alpha value is -0.540. The molecular weight excluding hydrogens is 283 g/mol. The molecule has 0 aliphatic rings. The molecule has 1 aromatic rings. The van der Waals surface area contributed by atoms with Gasteiger partial charge in [0, 0.05) is 0 Å². The first kappa shape index (κ1) is 12.5. The quantitative estimate of drug-likeness (QED) is 0.602. The van der Waals surface area contributed by atoms with Crippen molar-refractivity contribution in [3.8, 4) is 0 Å². The van der Waals surface area contributed by atoms with Gasteiger partial charge in [0.2, 0.25) is 0 Å². The van der Waals surface area contributed by atoms with E-state index >= 15 is 0 Å². The van der Waals surface area contributed by atoms with Crippen LogP contribution in [-0.2, 0) is 27.2 Å². The largest absolute Gasteiger partial charge is 1.00 e. The van der Waals surface area contributed by atoms with Gasteiger partial charge >= 0.3 is 22.4 Å². The molecule has 0 atom stereocenters. The van der Waals surface area contributed by atoms with E-state index in [4.69, 9.17) is 11.6 Å². The summed E-state index contributed by atoms with van der Waals surface area (Å²) in [6.45, 7) is 0. The van der Waals surface area contributed by atoms with Crippen molar-refractivity contribution in [1.29, 1.82) is 0 Å². The first-order valence-electron chi connectivity index (χ1n) is 3.34. The Kier molecular flexibility index (Phi) is 5.75. The summed E-state index contributed by atoms with van der Waals surface area (Å²) in [7, 11) is 0. The average Bonchev–Trinajstić information content (AvgIpc) is 2.06. The van der Waals surface area contributed by atoms with Crippen LogP contribution in [0.4, 0.5) is 0 Å². The molecule has 0 aliphatic heterocycles. The van der Waals surface area contributed by atoms with Crippen molar-refractivity contribution in [2.75, 3.05) is 0 Å². The molecule has 1 rings (SSSR count). The molecule has 13 heavy (non-hydrogen) atoms. The molecule has 0 radical (unpaired) electrons. The third-order valence-electron chi connectivity index (χ3n) is 1.29. The first-order chi connectivity index (χ1) is 5.70. The Morgan fingerprint density at radius 1 is 1.31 bits per heavy atom. The fraction of sp³-hybridized carbons (Fsp3) is 0. The normalized spacial score (nSPS) is 10.4. The number of carbonyl (C=O) groups is 1. The van der Waals surface area contributed by atoms with Crippen LogP contribution in [-0.4, -0.2) is 5.97 Å². The van der Waals surface area contributed by atoms with Crippen LogP contribution in [0.2, 0.25) is 0 Å². The smallest absolute Gasteiger partial charge is 0.544 e. The number of carboxylic acid groups (broad SMARTS) is 1. The number of carbonyl (C=O) groups excluding carboxylic acids is 1. The van der Waals surface area contributed by atoms with Gasteiger partial charge in [0.15, 0.2) is 0 Å². The van der Waals surface area contributed by atoms with Crippen molar-refractivity contribution < 1.29 is 32.3 Å². The van der Waals surface area contributed by atoms with E-state index in [0.29, 0.717) is 0 Å². The van der Waals surface area contributed by atoms with Crippen molar-refractivity contribution in [2.45, 2.75) is 0 Å². The van der Waals surface area contributed by atoms with E-state index < -0.39 is 5.97 Å². The molecule has 72 valence electrons. The van der Waals surface area contributed by atoms with Crippen LogP contribution in [0.5, 0.6) is 0 Å². The molecule has 2 nitrogen and oxygen atoms in total. The first-order valence-corrected chi connectivity index (χ1v) is 3.71. The van der Waals surface area contributed by atoms with Crippen LogP contribution in [0.3, 0.4) is 0 Å². The molecule has 1 aromatic carbocycles. The van der Waals surface area contributed by atoms with Crippen LogP contribution >= 0.6 is 11.6 Å². The van der Waals surface area contributed by atoms with E-state index in [0.717, 1.165) is 5.56 Å². The summed E-state index contributed by atoms with van der Waals surface area (Å²) >= 11 is 5.35. The van der Waals surface area contributed by atoms with Gasteiger partial charge in [-0.3, -0.25) is 0 Å². The fourth-order valence-electron chi connectivity index (χ4n) is 0.755. The topological polar surface area (TPSA) is 40.1 Å². The van der Waals surface area contributed by atoms with Gasteiger partial charge in [0.25, 0.3) is 0 Å². The molecule has 0 saturated heterocycles. The molecule has 0 heterocycles. The van der Waals surface area contributed by atoms with E-state index in [1.54, 1.807) is 24.3 Å². The van der Waals surface area contributed by atoms with Crippen molar-refractivity contribution in [3.05, 3.63) is 40.9 Å². The minimum absolute atomic E-state index is 0. The summed E-state index contributed by atoms with van der Waals surface area (Å²) in [5.74, 6) is -1.36. The fourth-order valence-corrected chi connectivity index (χ4v) is 0.881. The predicted octanol–water partition coefficient (Wildman–Crippen LogP) is 1.01. The number of carboxylic acids is 1. The van der Waals surface area contributed by atoms with E-state index in [-0.39, 0.29) is 27.4 Å². The zero-order chi connectivity index (χ0) is 8.97. The zero-order valence-corrected chi connectivity index (χ0v) is 8.70. The van der Waals surface area contributed by atoms with Gasteiger partial charge in [-0.2, -0.15) is 0 Å². The second-order valence-electron chi connectivity index (χ2n) is 2.19.